The van der Waals surface area contributed by atoms with Crippen molar-refractivity contribution in [3.8, 4) is 0 Å². The van der Waals surface area contributed by atoms with Gasteiger partial charge in [-0.25, -0.2) is 4.98 Å². The van der Waals surface area contributed by atoms with Crippen LogP contribution in [0, 0.1) is 0 Å². The minimum Gasteiger partial charge on any atom is -0.306 e. The zero-order chi connectivity index (χ0) is 14.9. The van der Waals surface area contributed by atoms with Crippen LogP contribution in [-0.2, 0) is 0 Å². The Labute approximate surface area is 127 Å². The Morgan fingerprint density at radius 1 is 1.32 bits per heavy atom. The fourth-order valence-corrected chi connectivity index (χ4v) is 3.09. The number of aromatic nitrogens is 4. The zero-order valence-electron chi connectivity index (χ0n) is 12.1. The summed E-state index contributed by atoms with van der Waals surface area (Å²) in [6.45, 7) is 0. The third kappa shape index (κ3) is 2.36. The Bertz CT molecular complexity index is 813. The van der Waals surface area contributed by atoms with E-state index in [0.717, 1.165) is 11.3 Å². The first-order valence-electron chi connectivity index (χ1n) is 7.59. The third-order valence-electron chi connectivity index (χ3n) is 4.29. The van der Waals surface area contributed by atoms with Crippen LogP contribution in [0.15, 0.2) is 36.8 Å². The number of fused-ring (bicyclic) bond motifs is 1. The van der Waals surface area contributed by atoms with Gasteiger partial charge in [-0.15, -0.1) is 0 Å². The van der Waals surface area contributed by atoms with Crippen LogP contribution in [0.4, 0.5) is 5.82 Å². The molecule has 3 aromatic rings. The second-order valence-corrected chi connectivity index (χ2v) is 5.75. The van der Waals surface area contributed by atoms with Crippen LogP contribution in [0.1, 0.15) is 47.7 Å². The number of pyridine rings is 1. The average molecular weight is 295 g/mol. The van der Waals surface area contributed by atoms with Gasteiger partial charge in [-0.05, 0) is 25.0 Å². The Morgan fingerprint density at radius 2 is 2.18 bits per heavy atom. The summed E-state index contributed by atoms with van der Waals surface area (Å²) in [5, 5.41) is 10.1. The molecule has 1 fully saturated rings. The molecule has 4 rings (SSSR count). The summed E-state index contributed by atoms with van der Waals surface area (Å²) in [7, 11) is 0. The van der Waals surface area contributed by atoms with Crippen LogP contribution in [0.25, 0.3) is 5.65 Å². The van der Waals surface area contributed by atoms with Crippen molar-refractivity contribution in [2.24, 2.45) is 0 Å². The lowest BCUT2D eigenvalue weighted by Gasteiger charge is -2.04. The molecule has 0 aromatic carbocycles. The van der Waals surface area contributed by atoms with Crippen molar-refractivity contribution in [3.05, 3.63) is 48.0 Å². The molecule has 0 atom stereocenters. The second-order valence-electron chi connectivity index (χ2n) is 5.75. The minimum atomic E-state index is -0.167. The lowest BCUT2D eigenvalue weighted by molar-refractivity contribution is 0.102. The molecule has 3 aromatic heterocycles. The van der Waals surface area contributed by atoms with E-state index in [1.54, 1.807) is 18.5 Å². The maximum absolute atomic E-state index is 12.3. The number of aromatic amines is 1. The van der Waals surface area contributed by atoms with Crippen molar-refractivity contribution in [1.29, 1.82) is 0 Å². The Morgan fingerprint density at radius 3 is 3.05 bits per heavy atom. The lowest BCUT2D eigenvalue weighted by Crippen LogP contribution is -2.12. The number of carbonyl (C=O) groups is 1. The largest absolute Gasteiger partial charge is 0.306 e. The molecule has 112 valence electrons. The number of H-pyrrole nitrogens is 1. The van der Waals surface area contributed by atoms with Crippen LogP contribution < -0.4 is 5.32 Å². The highest BCUT2D eigenvalue weighted by Crippen LogP contribution is 2.33. The predicted octanol–water partition coefficient (Wildman–Crippen LogP) is 2.97. The van der Waals surface area contributed by atoms with E-state index < -0.39 is 0 Å². The summed E-state index contributed by atoms with van der Waals surface area (Å²) in [6, 6.07) is 5.54. The summed E-state index contributed by atoms with van der Waals surface area (Å²) >= 11 is 0. The van der Waals surface area contributed by atoms with Gasteiger partial charge in [0.05, 0.1) is 5.56 Å². The molecule has 6 nitrogen and oxygen atoms in total. The van der Waals surface area contributed by atoms with Gasteiger partial charge in [0.1, 0.15) is 5.65 Å². The van der Waals surface area contributed by atoms with Crippen LogP contribution >= 0.6 is 0 Å². The SMILES string of the molecule is O=C(Nc1cc(C2CCCC2)[nH]n1)c1ccc2nccn2c1. The van der Waals surface area contributed by atoms with Crippen LogP contribution in [0.5, 0.6) is 0 Å². The third-order valence-corrected chi connectivity index (χ3v) is 4.29. The minimum absolute atomic E-state index is 0.167. The van der Waals surface area contributed by atoms with Gasteiger partial charge in [0, 0.05) is 36.3 Å². The molecule has 22 heavy (non-hydrogen) atoms. The van der Waals surface area contributed by atoms with Gasteiger partial charge in [0.2, 0.25) is 0 Å². The molecule has 0 radical (unpaired) electrons. The van der Waals surface area contributed by atoms with E-state index >= 15 is 0 Å². The first kappa shape index (κ1) is 13.1. The normalized spacial score (nSPS) is 15.5. The fraction of sp³-hybridized carbons (Fsp3) is 0.312. The van der Waals surface area contributed by atoms with Gasteiger partial charge in [0.25, 0.3) is 5.91 Å². The smallest absolute Gasteiger partial charge is 0.258 e. The Hall–Kier alpha value is -2.63. The van der Waals surface area contributed by atoms with E-state index in [4.69, 9.17) is 0 Å². The summed E-state index contributed by atoms with van der Waals surface area (Å²) in [4.78, 5) is 16.5. The Balaban J connectivity index is 1.51. The van der Waals surface area contributed by atoms with Crippen molar-refractivity contribution in [3.63, 3.8) is 0 Å². The molecule has 3 heterocycles. The highest BCUT2D eigenvalue weighted by Gasteiger charge is 2.19. The highest BCUT2D eigenvalue weighted by atomic mass is 16.1. The number of nitrogens with one attached hydrogen (secondary N) is 2. The van der Waals surface area contributed by atoms with Gasteiger partial charge in [-0.2, -0.15) is 5.10 Å². The zero-order valence-corrected chi connectivity index (χ0v) is 12.1. The van der Waals surface area contributed by atoms with Gasteiger partial charge in [-0.3, -0.25) is 9.89 Å². The molecule has 2 N–H and O–H groups in total. The number of nitrogens with zero attached hydrogens (tertiary/aromatic N) is 3. The summed E-state index contributed by atoms with van der Waals surface area (Å²) in [6.07, 6.45) is 10.2. The molecule has 0 spiro atoms. The van der Waals surface area contributed by atoms with E-state index in [0.29, 0.717) is 17.3 Å². The number of hydrogen-bond acceptors (Lipinski definition) is 3. The monoisotopic (exact) mass is 295 g/mol. The van der Waals surface area contributed by atoms with Gasteiger partial charge < -0.3 is 9.72 Å². The van der Waals surface area contributed by atoms with Crippen molar-refractivity contribution in [2.45, 2.75) is 31.6 Å². The van der Waals surface area contributed by atoms with Crippen molar-refractivity contribution >= 4 is 17.4 Å². The standard InChI is InChI=1S/C16H17N5O/c22-16(12-5-6-15-17-7-8-21(15)10-12)18-14-9-13(19-20-14)11-3-1-2-4-11/h5-11H,1-4H2,(H2,18,19,20,22). The molecule has 0 aliphatic heterocycles. The molecule has 1 aliphatic carbocycles. The molecule has 1 saturated carbocycles. The quantitative estimate of drug-likeness (QED) is 0.780. The topological polar surface area (TPSA) is 75.1 Å². The number of amides is 1. The number of imidazole rings is 1. The fourth-order valence-electron chi connectivity index (χ4n) is 3.09. The number of anilines is 1. The van der Waals surface area contributed by atoms with Crippen LogP contribution in [0.2, 0.25) is 0 Å². The molecule has 1 amide bonds. The van der Waals surface area contributed by atoms with Crippen LogP contribution in [0.3, 0.4) is 0 Å². The molecule has 0 saturated heterocycles. The first-order chi connectivity index (χ1) is 10.8. The van der Waals surface area contributed by atoms with E-state index in [2.05, 4.69) is 20.5 Å². The molecule has 6 heteroatoms. The lowest BCUT2D eigenvalue weighted by atomic mass is 10.0. The molecule has 1 aliphatic rings. The predicted molar refractivity (Wildman–Crippen MR) is 82.9 cm³/mol. The molecule has 0 bridgehead atoms. The van der Waals surface area contributed by atoms with Crippen LogP contribution in [-0.4, -0.2) is 25.5 Å². The molecular weight excluding hydrogens is 278 g/mol. The van der Waals surface area contributed by atoms with Crippen molar-refractivity contribution in [2.75, 3.05) is 5.32 Å². The number of hydrogen-bond donors (Lipinski definition) is 2. The summed E-state index contributed by atoms with van der Waals surface area (Å²) in [5.41, 5.74) is 2.52. The maximum Gasteiger partial charge on any atom is 0.258 e. The average Bonchev–Trinajstić information content (AvgIpc) is 3.27. The molecular formula is C16H17N5O. The van der Waals surface area contributed by atoms with Gasteiger partial charge in [-0.1, -0.05) is 12.8 Å². The highest BCUT2D eigenvalue weighted by molar-refractivity contribution is 6.03. The van der Waals surface area contributed by atoms with Gasteiger partial charge >= 0.3 is 0 Å². The number of rotatable bonds is 3. The Kier molecular flexibility index (Phi) is 3.14. The summed E-state index contributed by atoms with van der Waals surface area (Å²) in [5.74, 6) is 0.971. The second kappa shape index (κ2) is 5.29. The maximum atomic E-state index is 12.3. The van der Waals surface area contributed by atoms with E-state index in [9.17, 15) is 4.79 Å². The number of carbonyl (C=O) groups excluding carboxylic acids is 1. The van der Waals surface area contributed by atoms with Crippen molar-refractivity contribution in [1.82, 2.24) is 19.6 Å². The van der Waals surface area contributed by atoms with E-state index in [-0.39, 0.29) is 5.91 Å². The van der Waals surface area contributed by atoms with Crippen molar-refractivity contribution < 1.29 is 4.79 Å². The van der Waals surface area contributed by atoms with E-state index in [1.165, 1.54) is 25.7 Å². The van der Waals surface area contributed by atoms with E-state index in [1.807, 2.05) is 22.7 Å². The van der Waals surface area contributed by atoms with Gasteiger partial charge in [0.15, 0.2) is 5.82 Å². The first-order valence-corrected chi connectivity index (χ1v) is 7.59. The summed E-state index contributed by atoms with van der Waals surface area (Å²) < 4.78 is 1.82. The molecule has 0 unspecified atom stereocenters.